The molecule has 0 heterocycles. The third-order valence-electron chi connectivity index (χ3n) is 3.16. The quantitative estimate of drug-likeness (QED) is 0.696. The van der Waals surface area contributed by atoms with Crippen molar-refractivity contribution in [2.24, 2.45) is 5.92 Å². The summed E-state index contributed by atoms with van der Waals surface area (Å²) in [5, 5.41) is 3.48. The summed E-state index contributed by atoms with van der Waals surface area (Å²) in [7, 11) is 2.20. The standard InChI is InChI=1S/C15H26N2/c1-4-14(2)13-17(3)11-10-16-12-15-8-6-5-7-9-15/h5-9,14,16H,4,10-13H2,1-3H3. The van der Waals surface area contributed by atoms with Gasteiger partial charge >= 0.3 is 0 Å². The lowest BCUT2D eigenvalue weighted by Gasteiger charge is -2.20. The van der Waals surface area contributed by atoms with E-state index in [2.05, 4.69) is 61.4 Å². The first-order valence-corrected chi connectivity index (χ1v) is 6.65. The van der Waals surface area contributed by atoms with Crippen LogP contribution < -0.4 is 5.32 Å². The van der Waals surface area contributed by atoms with E-state index in [1.54, 1.807) is 0 Å². The summed E-state index contributed by atoms with van der Waals surface area (Å²) in [5.74, 6) is 0.800. The zero-order valence-electron chi connectivity index (χ0n) is 11.4. The number of nitrogens with one attached hydrogen (secondary N) is 1. The predicted octanol–water partition coefficient (Wildman–Crippen LogP) is 2.75. The SMILES string of the molecule is CCC(C)CN(C)CCNCc1ccccc1. The van der Waals surface area contributed by atoms with Gasteiger partial charge in [-0.15, -0.1) is 0 Å². The molecule has 0 spiro atoms. The largest absolute Gasteiger partial charge is 0.311 e. The van der Waals surface area contributed by atoms with E-state index in [4.69, 9.17) is 0 Å². The van der Waals surface area contributed by atoms with Crippen LogP contribution in [0.4, 0.5) is 0 Å². The molecule has 1 aromatic carbocycles. The fourth-order valence-corrected chi connectivity index (χ4v) is 1.85. The van der Waals surface area contributed by atoms with Crippen LogP contribution in [0.1, 0.15) is 25.8 Å². The molecule has 1 aromatic rings. The molecule has 0 saturated carbocycles. The van der Waals surface area contributed by atoms with Gasteiger partial charge in [0.15, 0.2) is 0 Å². The van der Waals surface area contributed by atoms with Gasteiger partial charge in [0.2, 0.25) is 0 Å². The molecular formula is C15H26N2. The summed E-state index contributed by atoms with van der Waals surface area (Å²) in [4.78, 5) is 2.41. The van der Waals surface area contributed by atoms with Crippen LogP contribution in [0.25, 0.3) is 0 Å². The highest BCUT2D eigenvalue weighted by Crippen LogP contribution is 2.02. The van der Waals surface area contributed by atoms with Crippen molar-refractivity contribution in [3.05, 3.63) is 35.9 Å². The Labute approximate surface area is 106 Å². The molecule has 0 radical (unpaired) electrons. The van der Waals surface area contributed by atoms with Gasteiger partial charge in [0.25, 0.3) is 0 Å². The molecule has 1 N–H and O–H groups in total. The Bertz CT molecular complexity index is 284. The summed E-state index contributed by atoms with van der Waals surface area (Å²) in [6.45, 7) is 8.92. The predicted molar refractivity (Wildman–Crippen MR) is 75.1 cm³/mol. The third kappa shape index (κ3) is 6.44. The minimum Gasteiger partial charge on any atom is -0.311 e. The van der Waals surface area contributed by atoms with Crippen LogP contribution in [-0.4, -0.2) is 31.6 Å². The normalized spacial score (nSPS) is 12.9. The fourth-order valence-electron chi connectivity index (χ4n) is 1.85. The topological polar surface area (TPSA) is 15.3 Å². The van der Waals surface area contributed by atoms with E-state index in [1.165, 1.54) is 18.5 Å². The molecule has 0 aliphatic heterocycles. The molecule has 1 rings (SSSR count). The van der Waals surface area contributed by atoms with Crippen molar-refractivity contribution in [3.8, 4) is 0 Å². The molecule has 0 aromatic heterocycles. The molecule has 0 aliphatic rings. The highest BCUT2D eigenvalue weighted by Gasteiger charge is 2.03. The van der Waals surface area contributed by atoms with Crippen LogP contribution >= 0.6 is 0 Å². The first kappa shape index (κ1) is 14.2. The minimum absolute atomic E-state index is 0.800. The maximum absolute atomic E-state index is 3.48. The van der Waals surface area contributed by atoms with Gasteiger partial charge in [-0.25, -0.2) is 0 Å². The van der Waals surface area contributed by atoms with Crippen molar-refractivity contribution in [2.75, 3.05) is 26.7 Å². The number of hydrogen-bond donors (Lipinski definition) is 1. The van der Waals surface area contributed by atoms with Crippen molar-refractivity contribution in [3.63, 3.8) is 0 Å². The Morgan fingerprint density at radius 2 is 1.94 bits per heavy atom. The van der Waals surface area contributed by atoms with E-state index >= 15 is 0 Å². The van der Waals surface area contributed by atoms with Gasteiger partial charge in [-0.1, -0.05) is 50.6 Å². The second kappa shape index (κ2) is 8.26. The van der Waals surface area contributed by atoms with Crippen molar-refractivity contribution >= 4 is 0 Å². The van der Waals surface area contributed by atoms with E-state index in [-0.39, 0.29) is 0 Å². The Balaban J connectivity index is 2.08. The van der Waals surface area contributed by atoms with E-state index in [0.717, 1.165) is 25.6 Å². The maximum atomic E-state index is 3.48. The van der Waals surface area contributed by atoms with E-state index in [0.29, 0.717) is 0 Å². The molecule has 1 unspecified atom stereocenters. The highest BCUT2D eigenvalue weighted by molar-refractivity contribution is 5.14. The number of hydrogen-bond acceptors (Lipinski definition) is 2. The van der Waals surface area contributed by atoms with Crippen LogP contribution in [0.3, 0.4) is 0 Å². The Kier molecular flexibility index (Phi) is 6.90. The highest BCUT2D eigenvalue weighted by atomic mass is 15.1. The zero-order chi connectivity index (χ0) is 12.5. The first-order chi connectivity index (χ1) is 8.22. The maximum Gasteiger partial charge on any atom is 0.0206 e. The average molecular weight is 234 g/mol. The first-order valence-electron chi connectivity index (χ1n) is 6.65. The molecule has 0 aliphatic carbocycles. The van der Waals surface area contributed by atoms with Crippen molar-refractivity contribution in [2.45, 2.75) is 26.8 Å². The zero-order valence-corrected chi connectivity index (χ0v) is 11.4. The van der Waals surface area contributed by atoms with Crippen molar-refractivity contribution in [1.82, 2.24) is 10.2 Å². The second-order valence-electron chi connectivity index (χ2n) is 4.94. The van der Waals surface area contributed by atoms with Crippen LogP contribution in [-0.2, 0) is 6.54 Å². The van der Waals surface area contributed by atoms with Gasteiger partial charge in [0, 0.05) is 26.2 Å². The van der Waals surface area contributed by atoms with Gasteiger partial charge in [-0.3, -0.25) is 0 Å². The Hall–Kier alpha value is -0.860. The lowest BCUT2D eigenvalue weighted by molar-refractivity contribution is 0.281. The molecule has 0 fully saturated rings. The molecule has 96 valence electrons. The smallest absolute Gasteiger partial charge is 0.0206 e. The molecule has 2 nitrogen and oxygen atoms in total. The summed E-state index contributed by atoms with van der Waals surface area (Å²) in [6, 6.07) is 10.6. The second-order valence-corrected chi connectivity index (χ2v) is 4.94. The lowest BCUT2D eigenvalue weighted by atomic mass is 10.1. The molecule has 1 atom stereocenters. The molecule has 2 heteroatoms. The molecule has 17 heavy (non-hydrogen) atoms. The number of benzene rings is 1. The Morgan fingerprint density at radius 1 is 1.24 bits per heavy atom. The fraction of sp³-hybridized carbons (Fsp3) is 0.600. The van der Waals surface area contributed by atoms with Crippen LogP contribution in [0.15, 0.2) is 30.3 Å². The van der Waals surface area contributed by atoms with Gasteiger partial charge in [0.1, 0.15) is 0 Å². The van der Waals surface area contributed by atoms with Gasteiger partial charge in [-0.05, 0) is 18.5 Å². The number of likely N-dealkylation sites (N-methyl/N-ethyl adjacent to an activating group) is 1. The molecule has 0 amide bonds. The van der Waals surface area contributed by atoms with Gasteiger partial charge in [-0.2, -0.15) is 0 Å². The summed E-state index contributed by atoms with van der Waals surface area (Å²) >= 11 is 0. The van der Waals surface area contributed by atoms with Crippen molar-refractivity contribution < 1.29 is 0 Å². The summed E-state index contributed by atoms with van der Waals surface area (Å²) < 4.78 is 0. The molecular weight excluding hydrogens is 208 g/mol. The Morgan fingerprint density at radius 3 is 2.59 bits per heavy atom. The lowest BCUT2D eigenvalue weighted by Crippen LogP contribution is -2.31. The van der Waals surface area contributed by atoms with E-state index in [1.807, 2.05) is 0 Å². The van der Waals surface area contributed by atoms with E-state index < -0.39 is 0 Å². The van der Waals surface area contributed by atoms with Gasteiger partial charge < -0.3 is 10.2 Å². The molecule has 0 bridgehead atoms. The van der Waals surface area contributed by atoms with Crippen LogP contribution in [0.5, 0.6) is 0 Å². The van der Waals surface area contributed by atoms with Gasteiger partial charge in [0.05, 0.1) is 0 Å². The minimum atomic E-state index is 0.800. The average Bonchev–Trinajstić information content (AvgIpc) is 2.36. The number of nitrogens with zero attached hydrogens (tertiary/aromatic N) is 1. The summed E-state index contributed by atoms with van der Waals surface area (Å²) in [5.41, 5.74) is 1.36. The summed E-state index contributed by atoms with van der Waals surface area (Å²) in [6.07, 6.45) is 1.27. The van der Waals surface area contributed by atoms with Crippen molar-refractivity contribution in [1.29, 1.82) is 0 Å². The number of rotatable bonds is 8. The van der Waals surface area contributed by atoms with Crippen LogP contribution in [0, 0.1) is 5.92 Å². The molecule has 0 saturated heterocycles. The monoisotopic (exact) mass is 234 g/mol. The van der Waals surface area contributed by atoms with Crippen LogP contribution in [0.2, 0.25) is 0 Å². The third-order valence-corrected chi connectivity index (χ3v) is 3.16. The van der Waals surface area contributed by atoms with E-state index in [9.17, 15) is 0 Å².